The summed E-state index contributed by atoms with van der Waals surface area (Å²) in [5, 5.41) is 13.5. The fraction of sp³-hybridized carbons (Fsp3) is 0.333. The minimum Gasteiger partial charge on any atom is -0.508 e. The zero-order valence-electron chi connectivity index (χ0n) is 9.92. The zero-order valence-corrected chi connectivity index (χ0v) is 9.92. The molecular formula is C12H15N3O2. The normalized spacial score (nSPS) is 11.0. The summed E-state index contributed by atoms with van der Waals surface area (Å²) in [6.07, 6.45) is 0.451. The molecular weight excluding hydrogens is 218 g/mol. The van der Waals surface area contributed by atoms with Crippen molar-refractivity contribution < 1.29 is 9.63 Å². The second-order valence-electron chi connectivity index (χ2n) is 4.15. The minimum absolute atomic E-state index is 0.250. The van der Waals surface area contributed by atoms with Crippen LogP contribution in [0, 0.1) is 0 Å². The molecule has 5 nitrogen and oxygen atoms in total. The molecule has 0 aliphatic heterocycles. The standard InChI is InChI=1S/C12H15N3O2/c1-15(2)8-11-13-12(17-14-11)7-9-5-3-4-6-10(9)16/h3-6,16H,7-8H2,1-2H3. The third kappa shape index (κ3) is 3.04. The first-order valence-corrected chi connectivity index (χ1v) is 5.38. The Bertz CT molecular complexity index is 494. The van der Waals surface area contributed by atoms with Crippen LogP contribution in [0.2, 0.25) is 0 Å². The van der Waals surface area contributed by atoms with E-state index in [2.05, 4.69) is 10.1 Å². The van der Waals surface area contributed by atoms with E-state index in [0.29, 0.717) is 24.7 Å². The van der Waals surface area contributed by atoms with Crippen LogP contribution in [0.5, 0.6) is 5.75 Å². The summed E-state index contributed by atoms with van der Waals surface area (Å²) in [6, 6.07) is 7.13. The fourth-order valence-electron chi connectivity index (χ4n) is 1.53. The van der Waals surface area contributed by atoms with Crippen LogP contribution >= 0.6 is 0 Å². The predicted octanol–water partition coefficient (Wildman–Crippen LogP) is 1.43. The molecule has 0 spiro atoms. The number of phenolic OH excluding ortho intramolecular Hbond substituents is 1. The number of para-hydroxylation sites is 1. The van der Waals surface area contributed by atoms with Gasteiger partial charge in [0.2, 0.25) is 5.89 Å². The van der Waals surface area contributed by atoms with Gasteiger partial charge in [0.05, 0.1) is 13.0 Å². The molecule has 1 aromatic carbocycles. The topological polar surface area (TPSA) is 62.4 Å². The lowest BCUT2D eigenvalue weighted by Gasteiger charge is -2.03. The van der Waals surface area contributed by atoms with Crippen LogP contribution in [0.4, 0.5) is 0 Å². The highest BCUT2D eigenvalue weighted by Gasteiger charge is 2.09. The molecule has 0 saturated carbocycles. The Morgan fingerprint density at radius 2 is 2.06 bits per heavy atom. The maximum Gasteiger partial charge on any atom is 0.231 e. The molecule has 0 aliphatic rings. The van der Waals surface area contributed by atoms with Gasteiger partial charge in [-0.25, -0.2) is 0 Å². The Morgan fingerprint density at radius 1 is 1.29 bits per heavy atom. The van der Waals surface area contributed by atoms with E-state index in [9.17, 15) is 5.11 Å². The summed E-state index contributed by atoms with van der Waals surface area (Å²) in [4.78, 5) is 6.22. The van der Waals surface area contributed by atoms with Crippen molar-refractivity contribution in [2.24, 2.45) is 0 Å². The van der Waals surface area contributed by atoms with Gasteiger partial charge in [-0.1, -0.05) is 23.4 Å². The van der Waals surface area contributed by atoms with Crippen molar-refractivity contribution in [1.29, 1.82) is 0 Å². The lowest BCUT2D eigenvalue weighted by Crippen LogP contribution is -2.11. The van der Waals surface area contributed by atoms with Crippen molar-refractivity contribution in [3.8, 4) is 5.75 Å². The highest BCUT2D eigenvalue weighted by atomic mass is 16.5. The number of rotatable bonds is 4. The molecule has 0 bridgehead atoms. The zero-order chi connectivity index (χ0) is 12.3. The quantitative estimate of drug-likeness (QED) is 0.865. The highest BCUT2D eigenvalue weighted by molar-refractivity contribution is 5.33. The van der Waals surface area contributed by atoms with Crippen LogP contribution in [0.1, 0.15) is 17.3 Å². The summed E-state index contributed by atoms with van der Waals surface area (Å²) >= 11 is 0. The molecule has 5 heteroatoms. The van der Waals surface area contributed by atoms with Crippen molar-refractivity contribution in [1.82, 2.24) is 15.0 Å². The minimum atomic E-state index is 0.250. The van der Waals surface area contributed by atoms with Gasteiger partial charge in [0.25, 0.3) is 0 Å². The van der Waals surface area contributed by atoms with Gasteiger partial charge in [-0.05, 0) is 20.2 Å². The Balaban J connectivity index is 2.09. The smallest absolute Gasteiger partial charge is 0.231 e. The van der Waals surface area contributed by atoms with Crippen molar-refractivity contribution in [2.75, 3.05) is 14.1 Å². The van der Waals surface area contributed by atoms with Gasteiger partial charge in [0, 0.05) is 5.56 Å². The maximum absolute atomic E-state index is 9.63. The summed E-state index contributed by atoms with van der Waals surface area (Å²) in [5.41, 5.74) is 0.785. The number of hydrogen-bond donors (Lipinski definition) is 1. The van der Waals surface area contributed by atoms with Crippen LogP contribution in [-0.4, -0.2) is 34.2 Å². The summed E-state index contributed by atoms with van der Waals surface area (Å²) in [7, 11) is 3.89. The Morgan fingerprint density at radius 3 is 2.76 bits per heavy atom. The Hall–Kier alpha value is -1.88. The molecule has 2 rings (SSSR count). The lowest BCUT2D eigenvalue weighted by atomic mass is 10.1. The first kappa shape index (κ1) is 11.6. The number of benzene rings is 1. The van der Waals surface area contributed by atoms with E-state index in [4.69, 9.17) is 4.52 Å². The van der Waals surface area contributed by atoms with Crippen LogP contribution in [-0.2, 0) is 13.0 Å². The molecule has 0 aliphatic carbocycles. The summed E-state index contributed by atoms with van der Waals surface area (Å²) in [5.74, 6) is 1.42. The van der Waals surface area contributed by atoms with Gasteiger partial charge in [0.1, 0.15) is 5.75 Å². The molecule has 1 aromatic heterocycles. The van der Waals surface area contributed by atoms with E-state index in [1.807, 2.05) is 31.1 Å². The van der Waals surface area contributed by atoms with E-state index in [0.717, 1.165) is 5.56 Å². The molecule has 90 valence electrons. The van der Waals surface area contributed by atoms with E-state index < -0.39 is 0 Å². The molecule has 0 saturated heterocycles. The largest absolute Gasteiger partial charge is 0.508 e. The van der Waals surface area contributed by atoms with Crippen LogP contribution < -0.4 is 0 Å². The van der Waals surface area contributed by atoms with Crippen molar-refractivity contribution in [3.63, 3.8) is 0 Å². The molecule has 1 heterocycles. The van der Waals surface area contributed by atoms with Crippen LogP contribution in [0.3, 0.4) is 0 Å². The predicted molar refractivity (Wildman–Crippen MR) is 62.6 cm³/mol. The van der Waals surface area contributed by atoms with E-state index >= 15 is 0 Å². The van der Waals surface area contributed by atoms with Crippen molar-refractivity contribution in [2.45, 2.75) is 13.0 Å². The lowest BCUT2D eigenvalue weighted by molar-refractivity contribution is 0.351. The maximum atomic E-state index is 9.63. The van der Waals surface area contributed by atoms with E-state index in [1.54, 1.807) is 12.1 Å². The third-order valence-electron chi connectivity index (χ3n) is 2.30. The van der Waals surface area contributed by atoms with E-state index in [-0.39, 0.29) is 5.75 Å². The van der Waals surface area contributed by atoms with Gasteiger partial charge >= 0.3 is 0 Å². The highest BCUT2D eigenvalue weighted by Crippen LogP contribution is 2.18. The van der Waals surface area contributed by atoms with Crippen molar-refractivity contribution in [3.05, 3.63) is 41.5 Å². The first-order chi connectivity index (χ1) is 8.15. The van der Waals surface area contributed by atoms with E-state index in [1.165, 1.54) is 0 Å². The number of aromatic hydroxyl groups is 1. The number of hydrogen-bond acceptors (Lipinski definition) is 5. The van der Waals surface area contributed by atoms with Gasteiger partial charge in [-0.2, -0.15) is 4.98 Å². The SMILES string of the molecule is CN(C)Cc1noc(Cc2ccccc2O)n1. The second-order valence-corrected chi connectivity index (χ2v) is 4.15. The van der Waals surface area contributed by atoms with Crippen LogP contribution in [0.25, 0.3) is 0 Å². The molecule has 2 aromatic rings. The molecule has 0 radical (unpaired) electrons. The summed E-state index contributed by atoms with van der Waals surface area (Å²) in [6.45, 7) is 0.643. The first-order valence-electron chi connectivity index (χ1n) is 5.38. The molecule has 0 amide bonds. The fourth-order valence-corrected chi connectivity index (χ4v) is 1.53. The molecule has 17 heavy (non-hydrogen) atoms. The number of phenols is 1. The number of aromatic nitrogens is 2. The van der Waals surface area contributed by atoms with Gasteiger partial charge < -0.3 is 14.5 Å². The van der Waals surface area contributed by atoms with Crippen molar-refractivity contribution >= 4 is 0 Å². The van der Waals surface area contributed by atoms with Crippen LogP contribution in [0.15, 0.2) is 28.8 Å². The Labute approximate surface area is 99.7 Å². The third-order valence-corrected chi connectivity index (χ3v) is 2.30. The number of nitrogens with zero attached hydrogens (tertiary/aromatic N) is 3. The van der Waals surface area contributed by atoms with Gasteiger partial charge in [-0.3, -0.25) is 0 Å². The average Bonchev–Trinajstić information content (AvgIpc) is 2.68. The molecule has 0 fully saturated rings. The van der Waals surface area contributed by atoms with Gasteiger partial charge in [-0.15, -0.1) is 0 Å². The molecule has 1 N–H and O–H groups in total. The van der Waals surface area contributed by atoms with Gasteiger partial charge in [0.15, 0.2) is 5.82 Å². The second kappa shape index (κ2) is 4.97. The average molecular weight is 233 g/mol. The molecule has 0 atom stereocenters. The Kier molecular flexibility index (Phi) is 3.39. The molecule has 0 unspecified atom stereocenters. The monoisotopic (exact) mass is 233 g/mol. The summed E-state index contributed by atoms with van der Waals surface area (Å²) < 4.78 is 5.13.